The van der Waals surface area contributed by atoms with E-state index in [9.17, 15) is 24.3 Å². The second-order valence-corrected chi connectivity index (χ2v) is 9.01. The van der Waals surface area contributed by atoms with Crippen LogP contribution in [-0.4, -0.2) is 45.6 Å². The van der Waals surface area contributed by atoms with E-state index in [1.54, 1.807) is 39.1 Å². The first-order chi connectivity index (χ1) is 15.5. The molecule has 1 aromatic heterocycles. The SMILES string of the molecule is CC(C)(C)OC(=O)NCCCC(=O)NCc1cccc2c(O)n(C3CCC(=O)NC3=O)cc12. The monoisotopic (exact) mass is 458 g/mol. The number of nitrogens with zero attached hydrogens (tertiary/aromatic N) is 1. The number of rotatable bonds is 7. The van der Waals surface area contributed by atoms with Crippen LogP contribution in [0.1, 0.15) is 58.1 Å². The lowest BCUT2D eigenvalue weighted by molar-refractivity contribution is -0.135. The van der Waals surface area contributed by atoms with Gasteiger partial charge < -0.3 is 25.0 Å². The summed E-state index contributed by atoms with van der Waals surface area (Å²) in [5, 5.41) is 19.7. The number of nitrogens with one attached hydrogen (secondary N) is 3. The molecule has 10 nitrogen and oxygen atoms in total. The number of aromatic hydroxyl groups is 1. The average Bonchev–Trinajstić information content (AvgIpc) is 3.05. The first kappa shape index (κ1) is 24.1. The number of alkyl carbamates (subject to hydrolysis) is 1. The molecule has 10 heteroatoms. The Kier molecular flexibility index (Phi) is 7.25. The number of ether oxygens (including phenoxy) is 1. The van der Waals surface area contributed by atoms with Crippen molar-refractivity contribution in [2.75, 3.05) is 6.54 Å². The molecule has 1 unspecified atom stereocenters. The third-order valence-electron chi connectivity index (χ3n) is 5.22. The van der Waals surface area contributed by atoms with Crippen LogP contribution < -0.4 is 16.0 Å². The first-order valence-corrected chi connectivity index (χ1v) is 10.9. The summed E-state index contributed by atoms with van der Waals surface area (Å²) in [5.41, 5.74) is 0.211. The number of benzene rings is 1. The molecule has 0 spiro atoms. The van der Waals surface area contributed by atoms with E-state index in [1.165, 1.54) is 4.57 Å². The van der Waals surface area contributed by atoms with Crippen molar-refractivity contribution in [3.63, 3.8) is 0 Å². The average molecular weight is 459 g/mol. The predicted molar refractivity (Wildman–Crippen MR) is 120 cm³/mol. The molecule has 2 aromatic rings. The number of carbonyl (C=O) groups excluding carboxylic acids is 4. The molecule has 0 radical (unpaired) electrons. The smallest absolute Gasteiger partial charge is 0.407 e. The number of hydrogen-bond acceptors (Lipinski definition) is 6. The minimum atomic E-state index is -0.671. The Morgan fingerprint density at radius 3 is 2.67 bits per heavy atom. The first-order valence-electron chi connectivity index (χ1n) is 10.9. The van der Waals surface area contributed by atoms with Gasteiger partial charge >= 0.3 is 6.09 Å². The zero-order chi connectivity index (χ0) is 24.2. The maximum absolute atomic E-state index is 12.2. The minimum Gasteiger partial charge on any atom is -0.494 e. The van der Waals surface area contributed by atoms with Gasteiger partial charge in [-0.25, -0.2) is 4.79 Å². The molecule has 4 N–H and O–H groups in total. The fraction of sp³-hybridized carbons (Fsp3) is 0.478. The van der Waals surface area contributed by atoms with Crippen LogP contribution in [-0.2, 0) is 25.7 Å². The summed E-state index contributed by atoms with van der Waals surface area (Å²) < 4.78 is 6.62. The Bertz CT molecular complexity index is 1070. The van der Waals surface area contributed by atoms with Gasteiger partial charge in [0, 0.05) is 42.9 Å². The van der Waals surface area contributed by atoms with E-state index in [0.717, 1.165) is 5.56 Å². The van der Waals surface area contributed by atoms with Crippen LogP contribution in [0.3, 0.4) is 0 Å². The summed E-state index contributed by atoms with van der Waals surface area (Å²) in [6, 6.07) is 4.67. The number of fused-ring (bicyclic) bond motifs is 1. The number of carbonyl (C=O) groups is 4. The van der Waals surface area contributed by atoms with Gasteiger partial charge in [-0.2, -0.15) is 0 Å². The van der Waals surface area contributed by atoms with Crippen LogP contribution in [0.2, 0.25) is 0 Å². The van der Waals surface area contributed by atoms with Crippen molar-refractivity contribution in [3.05, 3.63) is 30.0 Å². The quantitative estimate of drug-likeness (QED) is 0.371. The van der Waals surface area contributed by atoms with Crippen molar-refractivity contribution < 1.29 is 29.0 Å². The van der Waals surface area contributed by atoms with Crippen molar-refractivity contribution in [3.8, 4) is 5.88 Å². The molecule has 1 aromatic carbocycles. The molecule has 1 fully saturated rings. The lowest BCUT2D eigenvalue weighted by Gasteiger charge is -2.22. The highest BCUT2D eigenvalue weighted by molar-refractivity contribution is 6.00. The van der Waals surface area contributed by atoms with E-state index in [1.807, 2.05) is 6.07 Å². The molecule has 178 valence electrons. The normalized spacial score (nSPS) is 16.4. The van der Waals surface area contributed by atoms with Crippen molar-refractivity contribution in [1.82, 2.24) is 20.5 Å². The fourth-order valence-electron chi connectivity index (χ4n) is 3.67. The molecule has 0 saturated carbocycles. The second-order valence-electron chi connectivity index (χ2n) is 9.01. The van der Waals surface area contributed by atoms with Gasteiger partial charge in [-0.05, 0) is 45.2 Å². The summed E-state index contributed by atoms with van der Waals surface area (Å²) in [7, 11) is 0. The van der Waals surface area contributed by atoms with Crippen LogP contribution >= 0.6 is 0 Å². The molecule has 0 bridgehead atoms. The van der Waals surface area contributed by atoms with Crippen molar-refractivity contribution in [1.29, 1.82) is 0 Å². The van der Waals surface area contributed by atoms with Gasteiger partial charge in [0.25, 0.3) is 0 Å². The third kappa shape index (κ3) is 6.24. The van der Waals surface area contributed by atoms with Crippen LogP contribution in [0.15, 0.2) is 24.4 Å². The van der Waals surface area contributed by atoms with E-state index in [4.69, 9.17) is 4.74 Å². The second kappa shape index (κ2) is 9.93. The van der Waals surface area contributed by atoms with Crippen molar-refractivity contribution in [2.45, 2.75) is 64.6 Å². The molecule has 1 atom stereocenters. The molecule has 33 heavy (non-hydrogen) atoms. The van der Waals surface area contributed by atoms with Gasteiger partial charge in [0.15, 0.2) is 5.88 Å². The van der Waals surface area contributed by atoms with Crippen LogP contribution in [0.5, 0.6) is 5.88 Å². The van der Waals surface area contributed by atoms with Crippen molar-refractivity contribution >= 4 is 34.6 Å². The number of hydrogen-bond donors (Lipinski definition) is 4. The Balaban J connectivity index is 1.56. The van der Waals surface area contributed by atoms with E-state index < -0.39 is 23.6 Å². The number of amides is 4. The van der Waals surface area contributed by atoms with E-state index in [0.29, 0.717) is 30.2 Å². The number of piperidine rings is 1. The molecule has 0 aliphatic carbocycles. The molecule has 4 amide bonds. The standard InChI is InChI=1S/C23H30N4O6/c1-23(2,3)33-22(32)24-11-5-8-18(28)25-12-14-6-4-7-15-16(14)13-27(21(15)31)17-9-10-19(29)26-20(17)30/h4,6-7,13,17,31H,5,8-12H2,1-3H3,(H,24,32)(H,25,28)(H,26,29,30). The summed E-state index contributed by atoms with van der Waals surface area (Å²) >= 11 is 0. The largest absolute Gasteiger partial charge is 0.494 e. The highest BCUT2D eigenvalue weighted by Gasteiger charge is 2.30. The molecule has 2 heterocycles. The minimum absolute atomic E-state index is 0.0547. The third-order valence-corrected chi connectivity index (χ3v) is 5.22. The molecule has 1 aliphatic rings. The summed E-state index contributed by atoms with van der Waals surface area (Å²) in [6.45, 7) is 5.90. The van der Waals surface area contributed by atoms with Crippen molar-refractivity contribution in [2.24, 2.45) is 0 Å². The van der Waals surface area contributed by atoms with Gasteiger partial charge in [0.2, 0.25) is 17.7 Å². The van der Waals surface area contributed by atoms with Gasteiger partial charge in [0.1, 0.15) is 11.6 Å². The zero-order valence-corrected chi connectivity index (χ0v) is 19.1. The molecular formula is C23H30N4O6. The fourth-order valence-corrected chi connectivity index (χ4v) is 3.67. The number of aromatic nitrogens is 1. The molecule has 1 aliphatic heterocycles. The van der Waals surface area contributed by atoms with E-state index in [-0.39, 0.29) is 37.1 Å². The molecule has 3 rings (SSSR count). The Morgan fingerprint density at radius 1 is 1.21 bits per heavy atom. The van der Waals surface area contributed by atoms with E-state index >= 15 is 0 Å². The Morgan fingerprint density at radius 2 is 1.97 bits per heavy atom. The van der Waals surface area contributed by atoms with Gasteiger partial charge in [-0.15, -0.1) is 0 Å². The Labute approximate surface area is 191 Å². The van der Waals surface area contributed by atoms with E-state index in [2.05, 4.69) is 16.0 Å². The number of imide groups is 1. The van der Waals surface area contributed by atoms with Gasteiger partial charge in [-0.1, -0.05) is 12.1 Å². The highest BCUT2D eigenvalue weighted by atomic mass is 16.6. The topological polar surface area (TPSA) is 139 Å². The van der Waals surface area contributed by atoms with Gasteiger partial charge in [0.05, 0.1) is 0 Å². The summed E-state index contributed by atoms with van der Waals surface area (Å²) in [5.74, 6) is -0.999. The molecular weight excluding hydrogens is 428 g/mol. The maximum Gasteiger partial charge on any atom is 0.407 e. The van der Waals surface area contributed by atoms with Crippen LogP contribution in [0.4, 0.5) is 4.79 Å². The summed E-state index contributed by atoms with van der Waals surface area (Å²) in [6.07, 6.45) is 2.36. The Hall–Kier alpha value is -3.56. The van der Waals surface area contributed by atoms with Crippen LogP contribution in [0.25, 0.3) is 10.8 Å². The summed E-state index contributed by atoms with van der Waals surface area (Å²) in [4.78, 5) is 47.5. The zero-order valence-electron chi connectivity index (χ0n) is 19.1. The molecule has 1 saturated heterocycles. The maximum atomic E-state index is 12.2. The van der Waals surface area contributed by atoms with Gasteiger partial charge in [-0.3, -0.25) is 19.7 Å². The predicted octanol–water partition coefficient (Wildman–Crippen LogP) is 2.25. The highest BCUT2D eigenvalue weighted by Crippen LogP contribution is 2.34. The lowest BCUT2D eigenvalue weighted by atomic mass is 10.1. The van der Waals surface area contributed by atoms with Crippen LogP contribution in [0, 0.1) is 0 Å². The lowest BCUT2D eigenvalue weighted by Crippen LogP contribution is -2.41.